The second-order valence-electron chi connectivity index (χ2n) is 7.38. The summed E-state index contributed by atoms with van der Waals surface area (Å²) in [6.45, 7) is 6.28. The number of carbonyl (C=O) groups is 2. The van der Waals surface area contributed by atoms with Crippen molar-refractivity contribution in [3.8, 4) is 0 Å². The zero-order chi connectivity index (χ0) is 19.7. The molecule has 0 aromatic carbocycles. The highest BCUT2D eigenvalue weighted by Gasteiger charge is 2.42. The maximum atomic E-state index is 12.6. The molecule has 0 saturated carbocycles. The third-order valence-corrected chi connectivity index (χ3v) is 6.47. The molecule has 2 aliphatic rings. The van der Waals surface area contributed by atoms with Crippen molar-refractivity contribution in [1.29, 1.82) is 0 Å². The SMILES string of the molecule is Cc1nonc1C(=O)N1CCC2(CC1)CN(Cc1scnc1C)C(=O)CCO2. The number of ether oxygens (including phenoxy) is 1. The highest BCUT2D eigenvalue weighted by Crippen LogP contribution is 2.32. The lowest BCUT2D eigenvalue weighted by molar-refractivity contribution is -0.132. The lowest BCUT2D eigenvalue weighted by Crippen LogP contribution is -2.53. The number of carbonyl (C=O) groups excluding carboxylic acids is 2. The smallest absolute Gasteiger partial charge is 0.278 e. The molecule has 0 unspecified atom stereocenters. The van der Waals surface area contributed by atoms with E-state index in [1.165, 1.54) is 0 Å². The van der Waals surface area contributed by atoms with E-state index in [1.807, 2.05) is 17.3 Å². The first-order valence-electron chi connectivity index (χ1n) is 9.36. The quantitative estimate of drug-likeness (QED) is 0.764. The molecule has 0 aliphatic carbocycles. The summed E-state index contributed by atoms with van der Waals surface area (Å²) in [6, 6.07) is 0. The third-order valence-electron chi connectivity index (χ3n) is 5.55. The van der Waals surface area contributed by atoms with Gasteiger partial charge in [0.1, 0.15) is 5.69 Å². The van der Waals surface area contributed by atoms with Crippen LogP contribution in [0.1, 0.15) is 46.0 Å². The monoisotopic (exact) mass is 405 g/mol. The Labute approximate surface area is 166 Å². The molecule has 2 fully saturated rings. The molecular weight excluding hydrogens is 382 g/mol. The maximum Gasteiger partial charge on any atom is 0.278 e. The Morgan fingerprint density at radius 2 is 2.04 bits per heavy atom. The summed E-state index contributed by atoms with van der Waals surface area (Å²) in [5.41, 5.74) is 3.11. The molecule has 0 N–H and O–H groups in total. The summed E-state index contributed by atoms with van der Waals surface area (Å²) in [5, 5.41) is 7.40. The number of hydrogen-bond acceptors (Lipinski definition) is 8. The summed E-state index contributed by atoms with van der Waals surface area (Å²) < 4.78 is 10.8. The molecule has 2 saturated heterocycles. The Bertz CT molecular complexity index is 871. The highest BCUT2D eigenvalue weighted by atomic mass is 32.1. The van der Waals surface area contributed by atoms with E-state index in [0.717, 1.165) is 10.6 Å². The third kappa shape index (κ3) is 3.66. The van der Waals surface area contributed by atoms with Crippen molar-refractivity contribution in [2.75, 3.05) is 26.2 Å². The molecule has 2 aromatic rings. The lowest BCUT2D eigenvalue weighted by Gasteiger charge is -2.42. The van der Waals surface area contributed by atoms with Gasteiger partial charge >= 0.3 is 0 Å². The molecule has 1 spiro atoms. The fraction of sp³-hybridized carbons (Fsp3) is 0.611. The van der Waals surface area contributed by atoms with E-state index in [9.17, 15) is 9.59 Å². The molecule has 9 nitrogen and oxygen atoms in total. The number of thiazole rings is 1. The van der Waals surface area contributed by atoms with Gasteiger partial charge in [-0.05, 0) is 31.8 Å². The van der Waals surface area contributed by atoms with Gasteiger partial charge in [0.2, 0.25) is 5.91 Å². The first-order chi connectivity index (χ1) is 13.5. The molecule has 150 valence electrons. The Balaban J connectivity index is 1.44. The van der Waals surface area contributed by atoms with Crippen LogP contribution in [0.5, 0.6) is 0 Å². The average molecular weight is 405 g/mol. The summed E-state index contributed by atoms with van der Waals surface area (Å²) in [4.78, 5) is 34.2. The van der Waals surface area contributed by atoms with E-state index >= 15 is 0 Å². The van der Waals surface area contributed by atoms with Crippen LogP contribution in [-0.4, -0.2) is 68.8 Å². The molecule has 0 atom stereocenters. The largest absolute Gasteiger partial charge is 0.372 e. The van der Waals surface area contributed by atoms with Crippen molar-refractivity contribution < 1.29 is 19.0 Å². The maximum absolute atomic E-state index is 12.6. The van der Waals surface area contributed by atoms with Gasteiger partial charge in [-0.2, -0.15) is 0 Å². The van der Waals surface area contributed by atoms with E-state index in [-0.39, 0.29) is 17.5 Å². The molecule has 0 radical (unpaired) electrons. The number of aryl methyl sites for hydroxylation is 2. The van der Waals surface area contributed by atoms with E-state index in [0.29, 0.717) is 57.7 Å². The van der Waals surface area contributed by atoms with Crippen LogP contribution < -0.4 is 0 Å². The minimum absolute atomic E-state index is 0.104. The molecule has 0 bridgehead atoms. The van der Waals surface area contributed by atoms with Crippen LogP contribution >= 0.6 is 11.3 Å². The number of amides is 2. The highest BCUT2D eigenvalue weighted by molar-refractivity contribution is 7.09. The van der Waals surface area contributed by atoms with Gasteiger partial charge in [0.15, 0.2) is 5.69 Å². The molecule has 10 heteroatoms. The zero-order valence-corrected chi connectivity index (χ0v) is 16.8. The summed E-state index contributed by atoms with van der Waals surface area (Å²) >= 11 is 1.57. The lowest BCUT2D eigenvalue weighted by atomic mass is 9.90. The predicted molar refractivity (Wildman–Crippen MR) is 99.7 cm³/mol. The number of nitrogens with zero attached hydrogens (tertiary/aromatic N) is 5. The van der Waals surface area contributed by atoms with Crippen molar-refractivity contribution in [3.63, 3.8) is 0 Å². The molecule has 2 aromatic heterocycles. The van der Waals surface area contributed by atoms with Crippen LogP contribution in [0.4, 0.5) is 0 Å². The van der Waals surface area contributed by atoms with E-state index < -0.39 is 5.60 Å². The number of piperidine rings is 1. The molecule has 2 amide bonds. The van der Waals surface area contributed by atoms with Crippen LogP contribution in [0, 0.1) is 13.8 Å². The van der Waals surface area contributed by atoms with Gasteiger partial charge in [0, 0.05) is 18.0 Å². The summed E-state index contributed by atoms with van der Waals surface area (Å²) in [7, 11) is 0. The van der Waals surface area contributed by atoms with Gasteiger partial charge < -0.3 is 14.5 Å². The number of rotatable bonds is 3. The second-order valence-corrected chi connectivity index (χ2v) is 8.32. The topological polar surface area (TPSA) is 102 Å². The van der Waals surface area contributed by atoms with Crippen molar-refractivity contribution in [3.05, 3.63) is 27.5 Å². The van der Waals surface area contributed by atoms with Gasteiger partial charge in [-0.15, -0.1) is 11.3 Å². The van der Waals surface area contributed by atoms with Gasteiger partial charge in [-0.25, -0.2) is 9.61 Å². The number of hydrogen-bond donors (Lipinski definition) is 0. The van der Waals surface area contributed by atoms with E-state index in [4.69, 9.17) is 4.74 Å². The molecule has 4 heterocycles. The Morgan fingerprint density at radius 1 is 1.25 bits per heavy atom. The minimum atomic E-state index is -0.418. The van der Waals surface area contributed by atoms with Crippen LogP contribution in [0.2, 0.25) is 0 Å². The summed E-state index contributed by atoms with van der Waals surface area (Å²) in [5.74, 6) is -0.0667. The second kappa shape index (κ2) is 7.59. The van der Waals surface area contributed by atoms with Gasteiger partial charge in [-0.3, -0.25) is 9.59 Å². The first kappa shape index (κ1) is 19.0. The molecule has 2 aliphatic heterocycles. The fourth-order valence-corrected chi connectivity index (χ4v) is 4.58. The van der Waals surface area contributed by atoms with Crippen molar-refractivity contribution in [2.45, 2.75) is 45.3 Å². The van der Waals surface area contributed by atoms with Crippen molar-refractivity contribution >= 4 is 23.2 Å². The Hall–Kier alpha value is -2.33. The van der Waals surface area contributed by atoms with Crippen molar-refractivity contribution in [1.82, 2.24) is 25.1 Å². The summed E-state index contributed by atoms with van der Waals surface area (Å²) in [6.07, 6.45) is 1.73. The van der Waals surface area contributed by atoms with Gasteiger partial charge in [0.05, 0.1) is 42.9 Å². The van der Waals surface area contributed by atoms with Crippen LogP contribution in [0.25, 0.3) is 0 Å². The van der Waals surface area contributed by atoms with Gasteiger partial charge in [0.25, 0.3) is 5.91 Å². The fourth-order valence-electron chi connectivity index (χ4n) is 3.79. The minimum Gasteiger partial charge on any atom is -0.372 e. The molecule has 28 heavy (non-hydrogen) atoms. The van der Waals surface area contributed by atoms with Crippen LogP contribution in [0.3, 0.4) is 0 Å². The average Bonchev–Trinajstić information content (AvgIpc) is 3.25. The number of likely N-dealkylation sites (tertiary alicyclic amines) is 1. The van der Waals surface area contributed by atoms with Gasteiger partial charge in [-0.1, -0.05) is 5.16 Å². The van der Waals surface area contributed by atoms with Crippen molar-refractivity contribution in [2.24, 2.45) is 0 Å². The Morgan fingerprint density at radius 3 is 2.68 bits per heavy atom. The first-order valence-corrected chi connectivity index (χ1v) is 10.2. The predicted octanol–water partition coefficient (Wildman–Crippen LogP) is 1.57. The number of aromatic nitrogens is 3. The molecular formula is C18H23N5O4S. The molecule has 4 rings (SSSR count). The van der Waals surface area contributed by atoms with E-state index in [1.54, 1.807) is 23.2 Å². The van der Waals surface area contributed by atoms with E-state index in [2.05, 4.69) is 19.9 Å². The zero-order valence-electron chi connectivity index (χ0n) is 16.0. The Kier molecular flexibility index (Phi) is 5.15. The van der Waals surface area contributed by atoms with Crippen LogP contribution in [0.15, 0.2) is 10.1 Å². The standard InChI is InChI=1S/C18H23N5O4S/c1-12-14(28-11-19-12)9-23-10-18(26-8-3-15(23)24)4-6-22(7-5-18)17(25)16-13(2)20-27-21-16/h11H,3-10H2,1-2H3. The van der Waals surface area contributed by atoms with Crippen LogP contribution in [-0.2, 0) is 16.1 Å². The normalized spacial score (nSPS) is 19.9.